The molecular formula is C17H21Cl2N7O2. The summed E-state index contributed by atoms with van der Waals surface area (Å²) in [7, 11) is 1.97. The molecule has 0 saturated carbocycles. The number of nitrogens with zero attached hydrogens (tertiary/aromatic N) is 7. The predicted octanol–water partition coefficient (Wildman–Crippen LogP) is 5.13. The average Bonchev–Trinajstić information content (AvgIpc) is 2.65. The molecule has 0 N–H and O–H groups in total. The largest absolute Gasteiger partial charge is 0.493 e. The molecule has 28 heavy (non-hydrogen) atoms. The third-order valence-corrected chi connectivity index (χ3v) is 4.80. The molecule has 0 aromatic carbocycles. The number of rotatable bonds is 10. The van der Waals surface area contributed by atoms with Gasteiger partial charge in [0.1, 0.15) is 34.7 Å². The first-order valence-electron chi connectivity index (χ1n) is 8.61. The Kier molecular flexibility index (Phi) is 8.11. The molecule has 2 atom stereocenters. The summed E-state index contributed by atoms with van der Waals surface area (Å²) in [5.74, 6) is 1.41. The van der Waals surface area contributed by atoms with E-state index in [1.807, 2.05) is 7.05 Å². The van der Waals surface area contributed by atoms with Crippen molar-refractivity contribution in [3.8, 4) is 0 Å². The molecule has 0 aromatic rings. The Morgan fingerprint density at radius 2 is 1.39 bits per heavy atom. The van der Waals surface area contributed by atoms with Crippen molar-refractivity contribution in [2.75, 3.05) is 33.4 Å². The third kappa shape index (κ3) is 7.03. The Hall–Kier alpha value is -2.28. The lowest BCUT2D eigenvalue weighted by molar-refractivity contribution is 0.145. The van der Waals surface area contributed by atoms with Crippen molar-refractivity contribution in [3.05, 3.63) is 68.9 Å². The van der Waals surface area contributed by atoms with Crippen LogP contribution in [0, 0.1) is 0 Å². The molecule has 2 aliphatic rings. The van der Waals surface area contributed by atoms with Gasteiger partial charge < -0.3 is 9.47 Å². The summed E-state index contributed by atoms with van der Waals surface area (Å²) in [5.41, 5.74) is 17.0. The molecule has 0 amide bonds. The summed E-state index contributed by atoms with van der Waals surface area (Å²) in [4.78, 5) is 5.48. The standard InChI is InChI=1S/C17H21Cl2N7O2/c1-26(10-12-27-14-2-6-16(18,7-3-14)22-24-20)11-13-28-15-4-8-17(19,9-5-15)23-25-21/h2-6,8H,7,9-13H2,1H3. The zero-order valence-corrected chi connectivity index (χ0v) is 16.9. The molecule has 2 rings (SSSR count). The third-order valence-electron chi connectivity index (χ3n) is 4.09. The van der Waals surface area contributed by atoms with Gasteiger partial charge in [-0.05, 0) is 55.3 Å². The van der Waals surface area contributed by atoms with Crippen LogP contribution in [0.3, 0.4) is 0 Å². The van der Waals surface area contributed by atoms with Gasteiger partial charge in [-0.25, -0.2) is 0 Å². The van der Waals surface area contributed by atoms with Gasteiger partial charge >= 0.3 is 0 Å². The Morgan fingerprint density at radius 3 is 1.71 bits per heavy atom. The number of halogens is 2. The van der Waals surface area contributed by atoms with E-state index >= 15 is 0 Å². The van der Waals surface area contributed by atoms with Gasteiger partial charge in [0.25, 0.3) is 0 Å². The van der Waals surface area contributed by atoms with E-state index in [9.17, 15) is 0 Å². The van der Waals surface area contributed by atoms with Gasteiger partial charge in [0.2, 0.25) is 0 Å². The van der Waals surface area contributed by atoms with Gasteiger partial charge in [-0.1, -0.05) is 22.4 Å². The molecule has 0 heterocycles. The second kappa shape index (κ2) is 10.3. The SMILES string of the molecule is CN(CCOC1=CCC(Cl)(N=[N+]=[N-])C=C1)CCOC1=CCC(Cl)(N=[N+]=[N-])C=C1. The minimum absolute atomic E-state index is 0.389. The van der Waals surface area contributed by atoms with Crippen LogP contribution >= 0.6 is 23.2 Å². The summed E-state index contributed by atoms with van der Waals surface area (Å²) in [5, 5.41) is 7.09. The summed E-state index contributed by atoms with van der Waals surface area (Å²) in [6.45, 7) is 2.45. The van der Waals surface area contributed by atoms with Crippen LogP contribution in [0.15, 0.2) is 58.2 Å². The zero-order valence-electron chi connectivity index (χ0n) is 15.4. The van der Waals surface area contributed by atoms with Crippen LogP contribution < -0.4 is 0 Å². The lowest BCUT2D eigenvalue weighted by Gasteiger charge is -2.22. The number of likely N-dealkylation sites (N-methyl/N-ethyl adjacent to an activating group) is 1. The molecular weight excluding hydrogens is 405 g/mol. The van der Waals surface area contributed by atoms with Gasteiger partial charge in [-0.15, -0.1) is 23.2 Å². The maximum Gasteiger partial charge on any atom is 0.145 e. The molecule has 0 radical (unpaired) electrons. The van der Waals surface area contributed by atoms with Crippen LogP contribution in [0.2, 0.25) is 0 Å². The Labute approximate surface area is 173 Å². The van der Waals surface area contributed by atoms with E-state index in [0.717, 1.165) is 0 Å². The lowest BCUT2D eigenvalue weighted by atomic mass is 10.1. The van der Waals surface area contributed by atoms with Crippen molar-refractivity contribution in [2.24, 2.45) is 10.2 Å². The van der Waals surface area contributed by atoms with Crippen LogP contribution in [0.4, 0.5) is 0 Å². The lowest BCUT2D eigenvalue weighted by Crippen LogP contribution is -2.27. The smallest absolute Gasteiger partial charge is 0.145 e. The van der Waals surface area contributed by atoms with Crippen LogP contribution in [-0.4, -0.2) is 48.2 Å². The highest BCUT2D eigenvalue weighted by atomic mass is 35.5. The van der Waals surface area contributed by atoms with E-state index < -0.39 is 10.00 Å². The first-order chi connectivity index (χ1) is 13.4. The number of hydrogen-bond donors (Lipinski definition) is 0. The van der Waals surface area contributed by atoms with E-state index in [0.29, 0.717) is 50.7 Å². The second-order valence-electron chi connectivity index (χ2n) is 6.30. The highest BCUT2D eigenvalue weighted by molar-refractivity contribution is 6.25. The van der Waals surface area contributed by atoms with E-state index in [-0.39, 0.29) is 0 Å². The van der Waals surface area contributed by atoms with Gasteiger partial charge in [0.15, 0.2) is 0 Å². The molecule has 11 heteroatoms. The minimum atomic E-state index is -1.04. The maximum atomic E-state index is 8.49. The van der Waals surface area contributed by atoms with E-state index in [2.05, 4.69) is 25.0 Å². The zero-order chi connectivity index (χ0) is 20.5. The topological polar surface area (TPSA) is 119 Å². The van der Waals surface area contributed by atoms with Crippen molar-refractivity contribution in [3.63, 3.8) is 0 Å². The van der Waals surface area contributed by atoms with Crippen LogP contribution in [-0.2, 0) is 9.47 Å². The summed E-state index contributed by atoms with van der Waals surface area (Å²) in [6.07, 6.45) is 11.1. The minimum Gasteiger partial charge on any atom is -0.493 e. The summed E-state index contributed by atoms with van der Waals surface area (Å²) in [6, 6.07) is 0. The van der Waals surface area contributed by atoms with E-state index in [4.69, 9.17) is 43.7 Å². The summed E-state index contributed by atoms with van der Waals surface area (Å²) < 4.78 is 11.4. The fourth-order valence-electron chi connectivity index (χ4n) is 2.44. The number of allylic oxidation sites excluding steroid dienone is 2. The molecule has 0 fully saturated rings. The number of hydrogen-bond acceptors (Lipinski definition) is 5. The van der Waals surface area contributed by atoms with Crippen LogP contribution in [0.25, 0.3) is 20.9 Å². The first-order valence-corrected chi connectivity index (χ1v) is 9.37. The molecule has 2 aliphatic carbocycles. The summed E-state index contributed by atoms with van der Waals surface area (Å²) >= 11 is 12.2. The van der Waals surface area contributed by atoms with Crippen LogP contribution in [0.1, 0.15) is 12.8 Å². The maximum absolute atomic E-state index is 8.49. The van der Waals surface area contributed by atoms with Crippen molar-refractivity contribution < 1.29 is 9.47 Å². The highest BCUT2D eigenvalue weighted by Crippen LogP contribution is 2.30. The molecule has 150 valence electrons. The molecule has 0 saturated heterocycles. The Bertz CT molecular complexity index is 720. The van der Waals surface area contributed by atoms with Gasteiger partial charge in [-0.3, -0.25) is 4.90 Å². The van der Waals surface area contributed by atoms with Gasteiger partial charge in [0.05, 0.1) is 0 Å². The second-order valence-corrected chi connectivity index (χ2v) is 7.61. The van der Waals surface area contributed by atoms with E-state index in [1.54, 1.807) is 36.5 Å². The van der Waals surface area contributed by atoms with Gasteiger partial charge in [-0.2, -0.15) is 0 Å². The van der Waals surface area contributed by atoms with Crippen LogP contribution in [0.5, 0.6) is 0 Å². The molecule has 0 spiro atoms. The Morgan fingerprint density at radius 1 is 0.964 bits per heavy atom. The van der Waals surface area contributed by atoms with E-state index in [1.165, 1.54) is 0 Å². The van der Waals surface area contributed by atoms with Gasteiger partial charge in [0, 0.05) is 22.9 Å². The van der Waals surface area contributed by atoms with Crippen molar-refractivity contribution in [1.82, 2.24) is 4.90 Å². The average molecular weight is 426 g/mol. The van der Waals surface area contributed by atoms with Crippen molar-refractivity contribution >= 4 is 23.2 Å². The fourth-order valence-corrected chi connectivity index (χ4v) is 2.79. The molecule has 0 aromatic heterocycles. The normalized spacial score (nSPS) is 26.0. The predicted molar refractivity (Wildman–Crippen MR) is 109 cm³/mol. The highest BCUT2D eigenvalue weighted by Gasteiger charge is 2.25. The molecule has 0 bridgehead atoms. The molecule has 0 aliphatic heterocycles. The molecule has 2 unspecified atom stereocenters. The first kappa shape index (κ1) is 22.0. The Balaban J connectivity index is 1.62. The fraction of sp³-hybridized carbons (Fsp3) is 0.529. The van der Waals surface area contributed by atoms with Crippen molar-refractivity contribution in [1.29, 1.82) is 0 Å². The number of azide groups is 2. The quantitative estimate of drug-likeness (QED) is 0.158. The van der Waals surface area contributed by atoms with Crippen molar-refractivity contribution in [2.45, 2.75) is 22.8 Å². The monoisotopic (exact) mass is 425 g/mol. The number of ether oxygens (including phenoxy) is 2. The number of alkyl halides is 2. The molecule has 9 nitrogen and oxygen atoms in total.